The van der Waals surface area contributed by atoms with E-state index in [0.29, 0.717) is 36.3 Å². The SMILES string of the molecule is O=C(CCC[C@@H]1[C@H]2CCCN3CCC[C@@H](CN1C(=O)c1ccccc1)[C@@H]23)NCc1cc(F)cc(F)c1. The predicted octanol–water partition coefficient (Wildman–Crippen LogP) is 4.77. The smallest absolute Gasteiger partial charge is 0.254 e. The van der Waals surface area contributed by atoms with Crippen LogP contribution in [0.1, 0.15) is 60.9 Å². The molecular weight excluding hydrogens is 460 g/mol. The third kappa shape index (κ3) is 5.46. The Morgan fingerprint density at radius 1 is 0.972 bits per heavy atom. The van der Waals surface area contributed by atoms with Crippen LogP contribution >= 0.6 is 0 Å². The lowest BCUT2D eigenvalue weighted by Crippen LogP contribution is -2.65. The molecule has 36 heavy (non-hydrogen) atoms. The summed E-state index contributed by atoms with van der Waals surface area (Å²) in [7, 11) is 0. The van der Waals surface area contributed by atoms with Crippen molar-refractivity contribution >= 4 is 11.8 Å². The number of nitrogens with one attached hydrogen (secondary N) is 1. The predicted molar refractivity (Wildman–Crippen MR) is 134 cm³/mol. The zero-order valence-corrected chi connectivity index (χ0v) is 20.7. The Labute approximate surface area is 211 Å². The molecule has 0 aromatic heterocycles. The number of nitrogens with zero attached hydrogens (tertiary/aromatic N) is 2. The molecule has 2 aromatic rings. The molecule has 3 saturated heterocycles. The number of carbonyl (C=O) groups excluding carboxylic acids is 2. The fourth-order valence-corrected chi connectivity index (χ4v) is 6.82. The van der Waals surface area contributed by atoms with Crippen molar-refractivity contribution in [3.8, 4) is 0 Å². The van der Waals surface area contributed by atoms with Crippen LogP contribution in [0.4, 0.5) is 8.78 Å². The summed E-state index contributed by atoms with van der Waals surface area (Å²) in [5, 5.41) is 2.78. The van der Waals surface area contributed by atoms with E-state index in [-0.39, 0.29) is 24.4 Å². The molecule has 0 aliphatic carbocycles. The standard InChI is InChI=1S/C29H35F2N3O2/c30-23-15-20(16-24(31)17-23)18-32-27(35)12-4-11-26-25-10-6-14-33-13-5-9-22(28(25)33)19-34(26)29(36)21-7-2-1-3-8-21/h1-3,7-8,15-17,22,25-26,28H,4-6,9-14,18-19H2,(H,32,35)/t22-,25+,26+,28-/m0/s1. The van der Waals surface area contributed by atoms with E-state index in [1.165, 1.54) is 25.0 Å². The molecule has 7 heteroatoms. The minimum atomic E-state index is -0.651. The van der Waals surface area contributed by atoms with Crippen LogP contribution in [0.5, 0.6) is 0 Å². The Balaban J connectivity index is 1.25. The molecule has 0 saturated carbocycles. The summed E-state index contributed by atoms with van der Waals surface area (Å²) < 4.78 is 26.8. The maximum Gasteiger partial charge on any atom is 0.254 e. The van der Waals surface area contributed by atoms with Crippen LogP contribution in [0.25, 0.3) is 0 Å². The van der Waals surface area contributed by atoms with Crippen LogP contribution < -0.4 is 5.32 Å². The first-order valence-corrected chi connectivity index (χ1v) is 13.3. The first kappa shape index (κ1) is 24.9. The van der Waals surface area contributed by atoms with E-state index in [2.05, 4.69) is 15.1 Å². The monoisotopic (exact) mass is 495 g/mol. The molecule has 1 N–H and O–H groups in total. The van der Waals surface area contributed by atoms with Gasteiger partial charge in [0, 0.05) is 43.2 Å². The molecule has 3 aliphatic rings. The van der Waals surface area contributed by atoms with Gasteiger partial charge in [0.1, 0.15) is 11.6 Å². The average molecular weight is 496 g/mol. The summed E-state index contributed by atoms with van der Waals surface area (Å²) in [6.07, 6.45) is 6.42. The zero-order valence-electron chi connectivity index (χ0n) is 20.7. The second-order valence-corrected chi connectivity index (χ2v) is 10.6. The Hall–Kier alpha value is -2.80. The highest BCUT2D eigenvalue weighted by molar-refractivity contribution is 5.94. The largest absolute Gasteiger partial charge is 0.352 e. The highest BCUT2D eigenvalue weighted by Crippen LogP contribution is 2.43. The Bertz CT molecular complexity index is 1060. The number of hydrogen-bond donors (Lipinski definition) is 1. The van der Waals surface area contributed by atoms with Gasteiger partial charge in [-0.1, -0.05) is 18.2 Å². The third-order valence-corrected chi connectivity index (χ3v) is 8.27. The van der Waals surface area contributed by atoms with E-state index >= 15 is 0 Å². The number of halogens is 2. The lowest BCUT2D eigenvalue weighted by Gasteiger charge is -2.57. The maximum atomic E-state index is 13.6. The summed E-state index contributed by atoms with van der Waals surface area (Å²) in [6, 6.07) is 13.5. The second-order valence-electron chi connectivity index (χ2n) is 10.6. The molecule has 3 fully saturated rings. The Morgan fingerprint density at radius 3 is 2.44 bits per heavy atom. The van der Waals surface area contributed by atoms with E-state index < -0.39 is 11.6 Å². The number of rotatable bonds is 7. The molecule has 4 atom stereocenters. The molecular formula is C29H35F2N3O2. The fourth-order valence-electron chi connectivity index (χ4n) is 6.82. The molecule has 0 unspecified atom stereocenters. The molecule has 0 spiro atoms. The number of hydrogen-bond acceptors (Lipinski definition) is 3. The van der Waals surface area contributed by atoms with E-state index in [9.17, 15) is 18.4 Å². The molecule has 0 radical (unpaired) electrons. The molecule has 2 aromatic carbocycles. The van der Waals surface area contributed by atoms with Gasteiger partial charge in [-0.15, -0.1) is 0 Å². The van der Waals surface area contributed by atoms with E-state index in [0.717, 1.165) is 50.5 Å². The number of amides is 2. The second kappa shape index (κ2) is 11.1. The molecule has 3 aliphatic heterocycles. The minimum Gasteiger partial charge on any atom is -0.352 e. The number of piperidine rings is 3. The summed E-state index contributed by atoms with van der Waals surface area (Å²) >= 11 is 0. The summed E-state index contributed by atoms with van der Waals surface area (Å²) in [6.45, 7) is 3.19. The van der Waals surface area contributed by atoms with Crippen LogP contribution in [-0.4, -0.2) is 53.3 Å². The van der Waals surface area contributed by atoms with Crippen LogP contribution in [0.3, 0.4) is 0 Å². The highest BCUT2D eigenvalue weighted by atomic mass is 19.1. The van der Waals surface area contributed by atoms with Crippen molar-refractivity contribution in [2.24, 2.45) is 11.8 Å². The van der Waals surface area contributed by atoms with Crippen LogP contribution in [0.2, 0.25) is 0 Å². The highest BCUT2D eigenvalue weighted by Gasteiger charge is 2.49. The first-order chi connectivity index (χ1) is 17.5. The first-order valence-electron chi connectivity index (χ1n) is 13.3. The van der Waals surface area contributed by atoms with Crippen molar-refractivity contribution in [3.05, 3.63) is 71.3 Å². The van der Waals surface area contributed by atoms with Crippen molar-refractivity contribution in [2.75, 3.05) is 19.6 Å². The summed E-state index contributed by atoms with van der Waals surface area (Å²) in [5.74, 6) is -0.396. The van der Waals surface area contributed by atoms with Crippen molar-refractivity contribution in [1.29, 1.82) is 0 Å². The minimum absolute atomic E-state index is 0.0941. The van der Waals surface area contributed by atoms with Gasteiger partial charge in [0.2, 0.25) is 5.91 Å². The molecule has 5 rings (SSSR count). The Morgan fingerprint density at radius 2 is 1.69 bits per heavy atom. The quantitative estimate of drug-likeness (QED) is 0.602. The number of benzene rings is 2. The molecule has 192 valence electrons. The summed E-state index contributed by atoms with van der Waals surface area (Å²) in [4.78, 5) is 30.9. The summed E-state index contributed by atoms with van der Waals surface area (Å²) in [5.41, 5.74) is 1.13. The van der Waals surface area contributed by atoms with Crippen molar-refractivity contribution in [3.63, 3.8) is 0 Å². The fraction of sp³-hybridized carbons (Fsp3) is 0.517. The van der Waals surface area contributed by atoms with Crippen molar-refractivity contribution in [1.82, 2.24) is 15.1 Å². The van der Waals surface area contributed by atoms with Gasteiger partial charge in [-0.25, -0.2) is 8.78 Å². The zero-order chi connectivity index (χ0) is 25.1. The van der Waals surface area contributed by atoms with Crippen molar-refractivity contribution < 1.29 is 18.4 Å². The van der Waals surface area contributed by atoms with Gasteiger partial charge in [-0.2, -0.15) is 0 Å². The van der Waals surface area contributed by atoms with Gasteiger partial charge in [0.25, 0.3) is 5.91 Å². The molecule has 3 heterocycles. The topological polar surface area (TPSA) is 52.7 Å². The van der Waals surface area contributed by atoms with Crippen LogP contribution in [0.15, 0.2) is 48.5 Å². The van der Waals surface area contributed by atoms with Crippen molar-refractivity contribution in [2.45, 2.75) is 63.6 Å². The van der Waals surface area contributed by atoms with E-state index in [4.69, 9.17) is 0 Å². The maximum absolute atomic E-state index is 13.6. The van der Waals surface area contributed by atoms with Crippen LogP contribution in [-0.2, 0) is 11.3 Å². The van der Waals surface area contributed by atoms with Gasteiger partial charge >= 0.3 is 0 Å². The number of likely N-dealkylation sites (tertiary alicyclic amines) is 1. The van der Waals surface area contributed by atoms with Crippen LogP contribution in [0, 0.1) is 23.5 Å². The van der Waals surface area contributed by atoms with Gasteiger partial charge < -0.3 is 10.2 Å². The van der Waals surface area contributed by atoms with Gasteiger partial charge in [0.05, 0.1) is 0 Å². The lowest BCUT2D eigenvalue weighted by atomic mass is 9.69. The molecule has 5 nitrogen and oxygen atoms in total. The molecule has 0 bridgehead atoms. The van der Waals surface area contributed by atoms with Gasteiger partial charge in [0.15, 0.2) is 0 Å². The Kier molecular flexibility index (Phi) is 7.65. The molecule has 2 amide bonds. The third-order valence-electron chi connectivity index (χ3n) is 8.27. The van der Waals surface area contributed by atoms with E-state index in [1.54, 1.807) is 0 Å². The van der Waals surface area contributed by atoms with Gasteiger partial charge in [-0.3, -0.25) is 14.5 Å². The lowest BCUT2D eigenvalue weighted by molar-refractivity contribution is -0.121. The normalized spacial score (nSPS) is 25.8. The van der Waals surface area contributed by atoms with Gasteiger partial charge in [-0.05, 0) is 93.3 Å². The number of carbonyl (C=O) groups is 2. The average Bonchev–Trinajstić information content (AvgIpc) is 2.88. The van der Waals surface area contributed by atoms with E-state index in [1.807, 2.05) is 30.3 Å².